The van der Waals surface area contributed by atoms with Crippen LogP contribution in [0.4, 0.5) is 51.1 Å². The molecule has 2 heterocycles. The Balaban J connectivity index is 0.000000289. The molecule has 2 aliphatic rings. The van der Waals surface area contributed by atoms with Crippen LogP contribution in [0.1, 0.15) is 75.1 Å². The molecule has 1 atom stereocenters. The molecule has 6 nitrogen and oxygen atoms in total. The summed E-state index contributed by atoms with van der Waals surface area (Å²) in [5.41, 5.74) is 0.290. The number of aromatic nitrogens is 4. The fraction of sp³-hybridized carbons (Fsp3) is 0.607. The van der Waals surface area contributed by atoms with E-state index >= 15 is 0 Å². The van der Waals surface area contributed by atoms with Crippen LogP contribution in [0.25, 0.3) is 0 Å². The summed E-state index contributed by atoms with van der Waals surface area (Å²) >= 11 is 0. The molecule has 4 rings (SSSR count). The van der Waals surface area contributed by atoms with Gasteiger partial charge in [-0.25, -0.2) is 0 Å². The molecular formula is C28H35F9N6. The van der Waals surface area contributed by atoms with E-state index in [-0.39, 0.29) is 17.2 Å². The monoisotopic (exact) mass is 626 g/mol. The Morgan fingerprint density at radius 2 is 1.67 bits per heavy atom. The van der Waals surface area contributed by atoms with Gasteiger partial charge < -0.3 is 10.2 Å². The van der Waals surface area contributed by atoms with Gasteiger partial charge in [0.2, 0.25) is 0 Å². The average Bonchev–Trinajstić information content (AvgIpc) is 3.18. The third-order valence-corrected chi connectivity index (χ3v) is 7.38. The van der Waals surface area contributed by atoms with Crippen LogP contribution in [0.15, 0.2) is 35.4 Å². The second-order valence-corrected chi connectivity index (χ2v) is 11.0. The molecule has 0 radical (unpaired) electrons. The average molecular weight is 627 g/mol. The number of hydrogen-bond donors (Lipinski definition) is 1. The van der Waals surface area contributed by atoms with E-state index in [1.165, 1.54) is 31.1 Å². The van der Waals surface area contributed by atoms with Crippen LogP contribution in [0, 0.1) is 12.8 Å². The minimum absolute atomic E-state index is 0.0536. The maximum atomic E-state index is 13.6. The van der Waals surface area contributed by atoms with Crippen LogP contribution < -0.4 is 10.2 Å². The number of nitrogens with zero attached hydrogens (tertiary/aromatic N) is 5. The van der Waals surface area contributed by atoms with Crippen molar-refractivity contribution in [3.05, 3.63) is 52.1 Å². The lowest BCUT2D eigenvalue weighted by Gasteiger charge is -2.34. The summed E-state index contributed by atoms with van der Waals surface area (Å²) in [6, 6.07) is 2.88. The largest absolute Gasteiger partial charge is 0.416 e. The van der Waals surface area contributed by atoms with Crippen molar-refractivity contribution in [2.45, 2.75) is 83.9 Å². The Morgan fingerprint density at radius 3 is 2.19 bits per heavy atom. The molecule has 1 unspecified atom stereocenters. The van der Waals surface area contributed by atoms with Crippen molar-refractivity contribution in [3.63, 3.8) is 0 Å². The van der Waals surface area contributed by atoms with Gasteiger partial charge in [-0.2, -0.15) is 44.3 Å². The molecule has 1 aliphatic carbocycles. The summed E-state index contributed by atoms with van der Waals surface area (Å²) in [4.78, 5) is 3.51. The van der Waals surface area contributed by atoms with Crippen molar-refractivity contribution >= 4 is 11.6 Å². The minimum Gasteiger partial charge on any atom is -0.371 e. The van der Waals surface area contributed by atoms with Gasteiger partial charge in [0, 0.05) is 24.4 Å². The molecular weight excluding hydrogens is 591 g/mol. The number of allylic oxidation sites excluding steroid dienone is 4. The van der Waals surface area contributed by atoms with Crippen molar-refractivity contribution in [2.24, 2.45) is 13.0 Å². The summed E-state index contributed by atoms with van der Waals surface area (Å²) in [5.74, 6) is 0.970. The van der Waals surface area contributed by atoms with E-state index in [1.807, 2.05) is 0 Å². The summed E-state index contributed by atoms with van der Waals surface area (Å²) in [7, 11) is 1.68. The molecule has 1 N–H and O–H groups in total. The van der Waals surface area contributed by atoms with Crippen molar-refractivity contribution in [2.75, 3.05) is 23.3 Å². The van der Waals surface area contributed by atoms with Crippen LogP contribution in [-0.2, 0) is 13.2 Å². The first-order valence-corrected chi connectivity index (χ1v) is 13.8. The van der Waals surface area contributed by atoms with E-state index in [1.54, 1.807) is 13.1 Å². The molecule has 1 aliphatic heterocycles. The Hall–Kier alpha value is -3.26. The fourth-order valence-electron chi connectivity index (χ4n) is 4.92. The number of fused-ring (bicyclic) bond motifs is 1. The molecule has 15 heteroatoms. The minimum atomic E-state index is -4.49. The van der Waals surface area contributed by atoms with Crippen LogP contribution in [0.3, 0.4) is 0 Å². The zero-order valence-corrected chi connectivity index (χ0v) is 24.3. The molecule has 43 heavy (non-hydrogen) atoms. The lowest BCUT2D eigenvalue weighted by molar-refractivity contribution is -0.138. The Morgan fingerprint density at radius 1 is 1.00 bits per heavy atom. The van der Waals surface area contributed by atoms with Crippen molar-refractivity contribution in [3.8, 4) is 0 Å². The van der Waals surface area contributed by atoms with E-state index in [2.05, 4.69) is 25.6 Å². The van der Waals surface area contributed by atoms with Gasteiger partial charge in [-0.1, -0.05) is 35.3 Å². The number of halogens is 9. The maximum Gasteiger partial charge on any atom is 0.416 e. The number of benzene rings is 1. The lowest BCUT2D eigenvalue weighted by Crippen LogP contribution is -2.33. The fourth-order valence-corrected chi connectivity index (χ4v) is 4.92. The number of tetrazole rings is 1. The normalized spacial score (nSPS) is 18.8. The number of hydrogen-bond acceptors (Lipinski definition) is 5. The van der Waals surface area contributed by atoms with E-state index in [4.69, 9.17) is 0 Å². The first kappa shape index (κ1) is 34.2. The summed E-state index contributed by atoms with van der Waals surface area (Å²) in [6.07, 6.45) is -7.82. The molecule has 0 bridgehead atoms. The van der Waals surface area contributed by atoms with Crippen molar-refractivity contribution < 1.29 is 39.5 Å². The van der Waals surface area contributed by atoms with Crippen molar-refractivity contribution in [1.82, 2.24) is 20.2 Å². The predicted molar refractivity (Wildman–Crippen MR) is 144 cm³/mol. The van der Waals surface area contributed by atoms with Gasteiger partial charge in [-0.05, 0) is 74.8 Å². The first-order valence-electron chi connectivity index (χ1n) is 13.8. The van der Waals surface area contributed by atoms with Crippen LogP contribution in [0.5, 0.6) is 0 Å². The van der Waals surface area contributed by atoms with Gasteiger partial charge in [-0.3, -0.25) is 0 Å². The zero-order chi connectivity index (χ0) is 32.2. The molecule has 0 spiro atoms. The van der Waals surface area contributed by atoms with Crippen LogP contribution >= 0.6 is 0 Å². The van der Waals surface area contributed by atoms with Crippen LogP contribution in [0.2, 0.25) is 0 Å². The van der Waals surface area contributed by atoms with Gasteiger partial charge in [0.15, 0.2) is 0 Å². The highest BCUT2D eigenvalue weighted by Crippen LogP contribution is 2.42. The summed E-state index contributed by atoms with van der Waals surface area (Å²) in [5, 5.41) is 15.3. The summed E-state index contributed by atoms with van der Waals surface area (Å²) < 4.78 is 112. The molecule has 1 saturated carbocycles. The molecule has 1 aromatic heterocycles. The highest BCUT2D eigenvalue weighted by atomic mass is 19.4. The number of nitrogens with one attached hydrogen (secondary N) is 1. The van der Waals surface area contributed by atoms with Gasteiger partial charge in [0.25, 0.3) is 5.95 Å². The van der Waals surface area contributed by atoms with Gasteiger partial charge >= 0.3 is 18.5 Å². The number of alkyl halides is 9. The lowest BCUT2D eigenvalue weighted by atomic mass is 9.85. The van der Waals surface area contributed by atoms with E-state index in [0.717, 1.165) is 57.3 Å². The third kappa shape index (κ3) is 10.2. The van der Waals surface area contributed by atoms with Gasteiger partial charge in [0.05, 0.1) is 25.1 Å². The maximum absolute atomic E-state index is 13.6. The SMILES string of the molecule is CC(=C/CC(F)(F)F)/C=C(\C)C(F)(F)F.Cc1cc2c(cc1C(F)(F)F)N(CC1CCC1)CCCC2Nc1nnn(C)n1. The quantitative estimate of drug-likeness (QED) is 0.258. The smallest absolute Gasteiger partial charge is 0.371 e. The Labute approximate surface area is 244 Å². The van der Waals surface area contributed by atoms with Crippen LogP contribution in [-0.4, -0.2) is 45.6 Å². The third-order valence-electron chi connectivity index (χ3n) is 7.38. The number of anilines is 2. The summed E-state index contributed by atoms with van der Waals surface area (Å²) in [6.45, 7) is 5.12. The molecule has 0 saturated heterocycles. The van der Waals surface area contributed by atoms with E-state index in [9.17, 15) is 39.5 Å². The standard InChI is InChI=1S/C19H25F3N6.C9H10F6/c1-12-9-14-16(23-18-24-26-27(2)25-18)7-4-8-28(11-13-5-3-6-13)17(14)10-15(12)19(20,21)22;1-6(3-4-8(10,11)12)5-7(2)9(13,14)15/h9-10,13,16H,3-8,11H2,1-2H3,(H,23,25);3,5H,4H2,1-2H3/b;6-3-,7-5+. The number of aryl methyl sites for hydroxylation is 2. The second-order valence-electron chi connectivity index (χ2n) is 11.0. The van der Waals surface area contributed by atoms with E-state index < -0.39 is 36.1 Å². The van der Waals surface area contributed by atoms with Gasteiger partial charge in [-0.15, -0.1) is 5.10 Å². The molecule has 2 aromatic rings. The predicted octanol–water partition coefficient (Wildman–Crippen LogP) is 8.48. The highest BCUT2D eigenvalue weighted by molar-refractivity contribution is 5.61. The number of rotatable bonds is 6. The Bertz CT molecular complexity index is 1290. The molecule has 240 valence electrons. The molecule has 1 fully saturated rings. The second kappa shape index (κ2) is 13.6. The molecule has 0 amide bonds. The zero-order valence-electron chi connectivity index (χ0n) is 24.3. The topological polar surface area (TPSA) is 58.9 Å². The Kier molecular flexibility index (Phi) is 10.8. The van der Waals surface area contributed by atoms with Crippen molar-refractivity contribution in [1.29, 1.82) is 0 Å². The highest BCUT2D eigenvalue weighted by Gasteiger charge is 2.36. The van der Waals surface area contributed by atoms with E-state index in [0.29, 0.717) is 23.6 Å². The molecule has 1 aromatic carbocycles. The van der Waals surface area contributed by atoms with Gasteiger partial charge in [0.1, 0.15) is 0 Å². The first-order chi connectivity index (χ1) is 19.8.